The maximum atomic E-state index is 14.0. The summed E-state index contributed by atoms with van der Waals surface area (Å²) in [4.78, 5) is 36.3. The first-order valence-electron chi connectivity index (χ1n) is 12.5. The van der Waals surface area contributed by atoms with Crippen molar-refractivity contribution in [2.24, 2.45) is 0 Å². The number of nitrogens with one attached hydrogen (secondary N) is 2. The molecule has 41 heavy (non-hydrogen) atoms. The maximum Gasteiger partial charge on any atom is 0.416 e. The number of amides is 3. The number of rotatable bonds is 5. The highest BCUT2D eigenvalue weighted by molar-refractivity contribution is 5.99. The summed E-state index contributed by atoms with van der Waals surface area (Å²) >= 11 is 0. The van der Waals surface area contributed by atoms with Crippen LogP contribution in [0.5, 0.6) is 0 Å². The van der Waals surface area contributed by atoms with Gasteiger partial charge in [0.1, 0.15) is 23.5 Å². The van der Waals surface area contributed by atoms with Crippen molar-refractivity contribution in [1.82, 2.24) is 29.4 Å². The van der Waals surface area contributed by atoms with Crippen LogP contribution in [0, 0.1) is 5.82 Å². The Bertz CT molecular complexity index is 1600. The van der Waals surface area contributed by atoms with E-state index < -0.39 is 29.3 Å². The molecule has 0 saturated carbocycles. The monoisotopic (exact) mass is 571 g/mol. The van der Waals surface area contributed by atoms with Gasteiger partial charge in [0, 0.05) is 57.0 Å². The van der Waals surface area contributed by atoms with Gasteiger partial charge in [-0.25, -0.2) is 23.7 Å². The summed E-state index contributed by atoms with van der Waals surface area (Å²) < 4.78 is 54.5. The van der Waals surface area contributed by atoms with Gasteiger partial charge >= 0.3 is 12.2 Å². The summed E-state index contributed by atoms with van der Waals surface area (Å²) in [7, 11) is 0. The Hall–Kier alpha value is -4.79. The van der Waals surface area contributed by atoms with Crippen molar-refractivity contribution in [1.29, 1.82) is 0 Å². The molecule has 1 aliphatic heterocycles. The Morgan fingerprint density at radius 3 is 2.44 bits per heavy atom. The summed E-state index contributed by atoms with van der Waals surface area (Å²) in [6, 6.07) is 5.84. The van der Waals surface area contributed by atoms with E-state index in [0.29, 0.717) is 67.6 Å². The molecule has 3 aromatic heterocycles. The number of alkyl halides is 3. The number of carbonyl (C=O) groups excluding carboxylic acids is 2. The van der Waals surface area contributed by atoms with Gasteiger partial charge in [0.2, 0.25) is 5.91 Å². The van der Waals surface area contributed by atoms with E-state index in [1.165, 1.54) is 18.6 Å². The number of nitrogens with two attached hydrogens (primary N) is 1. The summed E-state index contributed by atoms with van der Waals surface area (Å²) in [5, 5.41) is 8.82. The lowest BCUT2D eigenvalue weighted by molar-refractivity contribution is -0.137. The summed E-state index contributed by atoms with van der Waals surface area (Å²) in [6.45, 7) is 4.79. The van der Waals surface area contributed by atoms with Crippen molar-refractivity contribution in [2.45, 2.75) is 19.6 Å². The van der Waals surface area contributed by atoms with Gasteiger partial charge in [-0.15, -0.1) is 0 Å². The van der Waals surface area contributed by atoms with E-state index in [9.17, 15) is 27.2 Å². The van der Waals surface area contributed by atoms with E-state index in [2.05, 4.69) is 30.6 Å². The van der Waals surface area contributed by atoms with Crippen molar-refractivity contribution in [2.75, 3.05) is 42.5 Å². The first-order valence-corrected chi connectivity index (χ1v) is 12.5. The number of fused-ring (bicyclic) bond motifs is 1. The number of halogens is 4. The van der Waals surface area contributed by atoms with Crippen LogP contribution in [0.4, 0.5) is 39.7 Å². The van der Waals surface area contributed by atoms with E-state index in [1.807, 2.05) is 6.07 Å². The summed E-state index contributed by atoms with van der Waals surface area (Å²) in [6.07, 6.45) is -1.85. The minimum absolute atomic E-state index is 0.0475. The normalized spacial score (nSPS) is 14.3. The van der Waals surface area contributed by atoms with Crippen LogP contribution in [0.3, 0.4) is 0 Å². The number of hydrogen-bond acceptors (Lipinski definition) is 7. The topological polar surface area (TPSA) is 134 Å². The van der Waals surface area contributed by atoms with E-state index in [4.69, 9.17) is 5.73 Å². The standard InChI is InChI=1S/C26H25F4N9O2/c1-15(40)38-8-6-37(7-9-38)13-18-11-19(23-24(31)33-14-34-39(18)23)16-2-5-22(32-12-16)36-25(41)35-21-10-17(26(28,29)30)3-4-20(21)27/h2-5,10-12,14H,6-9,13H2,1H3,(H2,31,33,34)(H2,32,35,36,41). The molecule has 0 unspecified atom stereocenters. The third-order valence-electron chi connectivity index (χ3n) is 6.72. The van der Waals surface area contributed by atoms with Gasteiger partial charge in [0.25, 0.3) is 0 Å². The number of piperazine rings is 1. The molecule has 0 aliphatic carbocycles. The predicted octanol–water partition coefficient (Wildman–Crippen LogP) is 3.84. The molecule has 0 bridgehead atoms. The zero-order valence-corrected chi connectivity index (χ0v) is 21.7. The SMILES string of the molecule is CC(=O)N1CCN(Cc2cc(-c3ccc(NC(=O)Nc4cc(C(F)(F)F)ccc4F)nc3)c3c(N)ncnn23)CC1. The van der Waals surface area contributed by atoms with Crippen LogP contribution in [0.15, 0.2) is 48.9 Å². The number of urea groups is 1. The van der Waals surface area contributed by atoms with Crippen LogP contribution in [0.25, 0.3) is 16.6 Å². The molecule has 0 radical (unpaired) electrons. The average molecular weight is 572 g/mol. The van der Waals surface area contributed by atoms with Crippen molar-refractivity contribution in [3.8, 4) is 11.1 Å². The van der Waals surface area contributed by atoms with Crippen molar-refractivity contribution < 1.29 is 27.2 Å². The number of nitrogen functional groups attached to an aromatic ring is 1. The Labute approximate surface area is 231 Å². The third kappa shape index (κ3) is 6.04. The minimum atomic E-state index is -4.69. The van der Waals surface area contributed by atoms with Crippen LogP contribution < -0.4 is 16.4 Å². The fraction of sp³-hybridized carbons (Fsp3) is 0.269. The van der Waals surface area contributed by atoms with Crippen LogP contribution in [-0.4, -0.2) is 67.5 Å². The van der Waals surface area contributed by atoms with E-state index >= 15 is 0 Å². The molecular weight excluding hydrogens is 546 g/mol. The van der Waals surface area contributed by atoms with E-state index in [0.717, 1.165) is 5.69 Å². The molecule has 1 saturated heterocycles. The number of benzene rings is 1. The number of nitrogens with zero attached hydrogens (tertiary/aromatic N) is 6. The quantitative estimate of drug-likeness (QED) is 0.310. The lowest BCUT2D eigenvalue weighted by atomic mass is 10.1. The molecule has 0 spiro atoms. The lowest BCUT2D eigenvalue weighted by Gasteiger charge is -2.33. The van der Waals surface area contributed by atoms with Gasteiger partial charge < -0.3 is 16.0 Å². The van der Waals surface area contributed by atoms with Gasteiger partial charge in [0.15, 0.2) is 5.82 Å². The van der Waals surface area contributed by atoms with Crippen molar-refractivity contribution in [3.05, 3.63) is 66.0 Å². The van der Waals surface area contributed by atoms with Gasteiger partial charge in [-0.3, -0.25) is 15.0 Å². The van der Waals surface area contributed by atoms with Gasteiger partial charge in [0.05, 0.1) is 16.9 Å². The van der Waals surface area contributed by atoms with Crippen LogP contribution in [0.2, 0.25) is 0 Å². The molecular formula is C26H25F4N9O2. The zero-order valence-electron chi connectivity index (χ0n) is 21.7. The molecule has 0 atom stereocenters. The first-order chi connectivity index (χ1) is 19.5. The van der Waals surface area contributed by atoms with Crippen LogP contribution in [-0.2, 0) is 17.5 Å². The summed E-state index contributed by atoms with van der Waals surface area (Å²) in [5.41, 5.74) is 7.24. The number of hydrogen-bond donors (Lipinski definition) is 3. The number of pyridine rings is 1. The largest absolute Gasteiger partial charge is 0.416 e. The Kier molecular flexibility index (Phi) is 7.45. The predicted molar refractivity (Wildman–Crippen MR) is 142 cm³/mol. The first kappa shape index (κ1) is 27.8. The van der Waals surface area contributed by atoms with E-state index in [1.54, 1.807) is 22.4 Å². The summed E-state index contributed by atoms with van der Waals surface area (Å²) in [5.74, 6) is -0.637. The van der Waals surface area contributed by atoms with Crippen LogP contribution in [0.1, 0.15) is 18.2 Å². The number of carbonyl (C=O) groups is 2. The lowest BCUT2D eigenvalue weighted by Crippen LogP contribution is -2.47. The van der Waals surface area contributed by atoms with Gasteiger partial charge in [-0.1, -0.05) is 0 Å². The molecule has 3 amide bonds. The Morgan fingerprint density at radius 2 is 1.78 bits per heavy atom. The third-order valence-corrected chi connectivity index (χ3v) is 6.72. The molecule has 15 heteroatoms. The molecule has 214 valence electrons. The van der Waals surface area contributed by atoms with Gasteiger partial charge in [-0.2, -0.15) is 18.3 Å². The van der Waals surface area contributed by atoms with E-state index in [-0.39, 0.29) is 17.5 Å². The van der Waals surface area contributed by atoms with Crippen molar-refractivity contribution >= 4 is 34.8 Å². The molecule has 4 aromatic rings. The van der Waals surface area contributed by atoms with Crippen LogP contribution >= 0.6 is 0 Å². The fourth-order valence-corrected chi connectivity index (χ4v) is 4.61. The zero-order chi connectivity index (χ0) is 29.3. The number of anilines is 3. The molecule has 1 fully saturated rings. The molecule has 1 aromatic carbocycles. The van der Waals surface area contributed by atoms with Gasteiger partial charge in [-0.05, 0) is 36.4 Å². The Morgan fingerprint density at radius 1 is 1.02 bits per heavy atom. The smallest absolute Gasteiger partial charge is 0.382 e. The highest BCUT2D eigenvalue weighted by Crippen LogP contribution is 2.33. The van der Waals surface area contributed by atoms with Crippen molar-refractivity contribution in [3.63, 3.8) is 0 Å². The number of aromatic nitrogens is 4. The molecule has 11 nitrogen and oxygen atoms in total. The molecule has 4 heterocycles. The highest BCUT2D eigenvalue weighted by Gasteiger charge is 2.31. The Balaban J connectivity index is 1.32. The molecule has 5 rings (SSSR count). The minimum Gasteiger partial charge on any atom is -0.382 e. The molecule has 1 aliphatic rings. The average Bonchev–Trinajstić information content (AvgIpc) is 3.29. The second-order valence-electron chi connectivity index (χ2n) is 9.44. The second kappa shape index (κ2) is 11.0. The molecule has 4 N–H and O–H groups in total. The fourth-order valence-electron chi connectivity index (χ4n) is 4.61. The highest BCUT2D eigenvalue weighted by atomic mass is 19.4. The second-order valence-corrected chi connectivity index (χ2v) is 9.44. The maximum absolute atomic E-state index is 14.0.